The highest BCUT2D eigenvalue weighted by molar-refractivity contribution is 6.31. The van der Waals surface area contributed by atoms with Crippen LogP contribution in [0.3, 0.4) is 0 Å². The lowest BCUT2D eigenvalue weighted by Crippen LogP contribution is -2.36. The molecule has 1 amide bonds. The number of methoxy groups -OCH3 is 1. The smallest absolute Gasteiger partial charge is 0.266 e. The fourth-order valence-electron chi connectivity index (χ4n) is 3.57. The van der Waals surface area contributed by atoms with Crippen LogP contribution in [-0.4, -0.2) is 54.4 Å². The molecule has 29 heavy (non-hydrogen) atoms. The molecule has 0 aromatic heterocycles. The van der Waals surface area contributed by atoms with Gasteiger partial charge in [-0.1, -0.05) is 31.5 Å². The highest BCUT2D eigenvalue weighted by Gasteiger charge is 2.49. The Hall–Kier alpha value is -1.35. The van der Waals surface area contributed by atoms with Crippen LogP contribution in [0.15, 0.2) is 36.4 Å². The van der Waals surface area contributed by atoms with E-state index in [1.165, 1.54) is 7.11 Å². The van der Waals surface area contributed by atoms with Gasteiger partial charge in [0, 0.05) is 55.9 Å². The van der Waals surface area contributed by atoms with Crippen LogP contribution in [0, 0.1) is 5.41 Å². The Kier molecular flexibility index (Phi) is 6.20. The molecular formula is C21H22ClMgNO5. The lowest BCUT2D eigenvalue weighted by Gasteiger charge is -2.35. The van der Waals surface area contributed by atoms with Gasteiger partial charge in [0.15, 0.2) is 11.9 Å². The van der Waals surface area contributed by atoms with Crippen molar-refractivity contribution in [1.82, 2.24) is 0 Å². The number of hydrogen-bond acceptors (Lipinski definition) is 5. The monoisotopic (exact) mass is 427 g/mol. The average molecular weight is 428 g/mol. The van der Waals surface area contributed by atoms with E-state index in [4.69, 9.17) is 25.8 Å². The number of amides is 1. The van der Waals surface area contributed by atoms with E-state index in [-0.39, 0.29) is 28.5 Å². The van der Waals surface area contributed by atoms with E-state index in [0.29, 0.717) is 46.4 Å². The minimum absolute atomic E-state index is 0. The van der Waals surface area contributed by atoms with Gasteiger partial charge in [0.2, 0.25) is 0 Å². The zero-order valence-electron chi connectivity index (χ0n) is 16.6. The third-order valence-electron chi connectivity index (χ3n) is 5.08. The summed E-state index contributed by atoms with van der Waals surface area (Å²) < 4.78 is 17.1. The van der Waals surface area contributed by atoms with E-state index in [0.717, 1.165) is 0 Å². The predicted octanol–water partition coefficient (Wildman–Crippen LogP) is 3.23. The molecule has 1 atom stereocenters. The molecule has 1 unspecified atom stereocenters. The van der Waals surface area contributed by atoms with E-state index in [1.54, 1.807) is 36.4 Å². The molecule has 1 saturated heterocycles. The van der Waals surface area contributed by atoms with Gasteiger partial charge in [-0.15, -0.1) is 0 Å². The minimum atomic E-state index is -1.93. The summed E-state index contributed by atoms with van der Waals surface area (Å²) >= 11 is 6.12. The Balaban J connectivity index is 0.00000240. The van der Waals surface area contributed by atoms with Gasteiger partial charge in [-0.05, 0) is 30.3 Å². The maximum Gasteiger partial charge on any atom is 0.266 e. The summed E-state index contributed by atoms with van der Waals surface area (Å²) in [6.07, 6.45) is -0.579. The van der Waals surface area contributed by atoms with Crippen molar-refractivity contribution in [1.29, 1.82) is 0 Å². The lowest BCUT2D eigenvalue weighted by atomic mass is 9.85. The second-order valence-corrected chi connectivity index (χ2v) is 8.37. The summed E-state index contributed by atoms with van der Waals surface area (Å²) in [6, 6.07) is 10.1. The second-order valence-electron chi connectivity index (χ2n) is 7.93. The first-order valence-corrected chi connectivity index (χ1v) is 9.38. The molecule has 2 radical (unpaired) electrons. The van der Waals surface area contributed by atoms with Gasteiger partial charge in [0.1, 0.15) is 5.75 Å². The normalized spacial score (nSPS) is 23.1. The number of carbonyl (C=O) groups is 1. The van der Waals surface area contributed by atoms with E-state index in [9.17, 15) is 9.90 Å². The molecule has 0 aliphatic carbocycles. The van der Waals surface area contributed by atoms with Gasteiger partial charge in [0.05, 0.1) is 20.3 Å². The van der Waals surface area contributed by atoms with Crippen LogP contribution in [0.2, 0.25) is 5.02 Å². The van der Waals surface area contributed by atoms with Crippen LogP contribution < -0.4 is 10.1 Å². The number of ether oxygens (including phenoxy) is 3. The van der Waals surface area contributed by atoms with Gasteiger partial charge < -0.3 is 24.6 Å². The summed E-state index contributed by atoms with van der Waals surface area (Å²) in [5, 5.41) is 14.6. The molecule has 0 saturated carbocycles. The SMILES string of the molecule is COc1ccc(C2OCC(C)(C)CO2)cc1C1(O)C(=O)Nc2ccc(Cl)cc21.[Mg]. The second kappa shape index (κ2) is 8.05. The van der Waals surface area contributed by atoms with Crippen molar-refractivity contribution in [2.24, 2.45) is 5.41 Å². The number of hydrogen-bond donors (Lipinski definition) is 2. The Labute approximate surface area is 190 Å². The highest BCUT2D eigenvalue weighted by Crippen LogP contribution is 2.46. The molecule has 8 heteroatoms. The zero-order chi connectivity index (χ0) is 20.1. The molecule has 2 heterocycles. The van der Waals surface area contributed by atoms with Crippen molar-refractivity contribution in [3.05, 3.63) is 58.1 Å². The Morgan fingerprint density at radius 2 is 1.83 bits per heavy atom. The summed E-state index contributed by atoms with van der Waals surface area (Å²) in [4.78, 5) is 12.8. The third-order valence-corrected chi connectivity index (χ3v) is 5.32. The molecule has 1 fully saturated rings. The molecule has 2 aliphatic heterocycles. The molecule has 150 valence electrons. The Morgan fingerprint density at radius 3 is 2.48 bits per heavy atom. The maximum absolute atomic E-state index is 12.8. The van der Waals surface area contributed by atoms with Crippen molar-refractivity contribution in [3.8, 4) is 5.75 Å². The van der Waals surface area contributed by atoms with Crippen molar-refractivity contribution >= 4 is 46.2 Å². The number of carbonyl (C=O) groups excluding carboxylic acids is 1. The summed E-state index contributed by atoms with van der Waals surface area (Å²) in [6.45, 7) is 5.22. The maximum atomic E-state index is 12.8. The fraction of sp³-hybridized carbons (Fsp3) is 0.381. The van der Waals surface area contributed by atoms with Crippen molar-refractivity contribution in [2.45, 2.75) is 25.7 Å². The average Bonchev–Trinajstić information content (AvgIpc) is 2.92. The number of rotatable bonds is 3. The van der Waals surface area contributed by atoms with Crippen molar-refractivity contribution in [3.63, 3.8) is 0 Å². The van der Waals surface area contributed by atoms with Crippen LogP contribution in [0.5, 0.6) is 5.75 Å². The summed E-state index contributed by atoms with van der Waals surface area (Å²) in [5.74, 6) is -0.183. The number of fused-ring (bicyclic) bond motifs is 1. The molecular weight excluding hydrogens is 406 g/mol. The quantitative estimate of drug-likeness (QED) is 0.735. The molecule has 2 aliphatic rings. The predicted molar refractivity (Wildman–Crippen MR) is 110 cm³/mol. The molecule has 2 N–H and O–H groups in total. The first kappa shape index (κ1) is 22.3. The number of aliphatic hydroxyl groups is 1. The Morgan fingerprint density at radius 1 is 1.14 bits per heavy atom. The van der Waals surface area contributed by atoms with Gasteiger partial charge in [-0.3, -0.25) is 4.79 Å². The van der Waals surface area contributed by atoms with Crippen LogP contribution in [-0.2, 0) is 19.9 Å². The van der Waals surface area contributed by atoms with Crippen LogP contribution in [0.4, 0.5) is 5.69 Å². The van der Waals surface area contributed by atoms with Crippen LogP contribution >= 0.6 is 11.6 Å². The molecule has 6 nitrogen and oxygen atoms in total. The van der Waals surface area contributed by atoms with Crippen LogP contribution in [0.1, 0.15) is 36.8 Å². The van der Waals surface area contributed by atoms with E-state index < -0.39 is 17.8 Å². The lowest BCUT2D eigenvalue weighted by molar-refractivity contribution is -0.226. The molecule has 4 rings (SSSR count). The van der Waals surface area contributed by atoms with Gasteiger partial charge >= 0.3 is 0 Å². The molecule has 2 aromatic rings. The number of benzene rings is 2. The van der Waals surface area contributed by atoms with Gasteiger partial charge in [0.25, 0.3) is 5.91 Å². The van der Waals surface area contributed by atoms with E-state index >= 15 is 0 Å². The topological polar surface area (TPSA) is 77.0 Å². The number of nitrogens with one attached hydrogen (secondary N) is 1. The van der Waals surface area contributed by atoms with Crippen molar-refractivity contribution in [2.75, 3.05) is 25.6 Å². The van der Waals surface area contributed by atoms with Gasteiger partial charge in [-0.25, -0.2) is 0 Å². The van der Waals surface area contributed by atoms with E-state index in [1.807, 2.05) is 0 Å². The fourth-order valence-corrected chi connectivity index (χ4v) is 3.74. The summed E-state index contributed by atoms with van der Waals surface area (Å²) in [5.41, 5.74) is -0.102. The molecule has 0 bridgehead atoms. The molecule has 0 spiro atoms. The van der Waals surface area contributed by atoms with Crippen molar-refractivity contribution < 1.29 is 24.1 Å². The minimum Gasteiger partial charge on any atom is -0.496 e. The largest absolute Gasteiger partial charge is 0.496 e. The first-order chi connectivity index (χ1) is 13.2. The van der Waals surface area contributed by atoms with Crippen LogP contribution in [0.25, 0.3) is 0 Å². The highest BCUT2D eigenvalue weighted by atomic mass is 35.5. The standard InChI is InChI=1S/C21H22ClNO5.Mg/c1-20(2)10-27-18(28-11-20)12-4-7-17(26-3)15(8-12)21(25)14-9-13(22)5-6-16(14)23-19(21)24;/h4-9,18,25H,10-11H2,1-3H3,(H,23,24);. The number of anilines is 1. The first-order valence-electron chi connectivity index (χ1n) is 9.00. The zero-order valence-corrected chi connectivity index (χ0v) is 18.8. The summed E-state index contributed by atoms with van der Waals surface area (Å²) in [7, 11) is 1.49. The third kappa shape index (κ3) is 3.87. The van der Waals surface area contributed by atoms with E-state index in [2.05, 4.69) is 19.2 Å². The molecule has 2 aromatic carbocycles. The Bertz CT molecular complexity index is 941. The van der Waals surface area contributed by atoms with Gasteiger partial charge in [-0.2, -0.15) is 0 Å². The number of halogens is 1.